The van der Waals surface area contributed by atoms with Crippen molar-refractivity contribution in [2.75, 3.05) is 17.2 Å². The number of carbonyl (C=O) groups is 1. The fourth-order valence-electron chi connectivity index (χ4n) is 3.13. The molecule has 0 spiro atoms. The van der Waals surface area contributed by atoms with Crippen LogP contribution in [0.15, 0.2) is 52.4 Å². The van der Waals surface area contributed by atoms with Crippen LogP contribution in [0.5, 0.6) is 0 Å². The van der Waals surface area contributed by atoms with Crippen LogP contribution in [0, 0.1) is 6.92 Å². The number of amides is 1. The SMILES string of the molecule is Cc1cccc2c(=O)n(CC(=O)N3CCSc4ccc(Cl)cc43)cnc12. The van der Waals surface area contributed by atoms with Crippen LogP contribution in [-0.2, 0) is 11.3 Å². The molecule has 132 valence electrons. The van der Waals surface area contributed by atoms with Gasteiger partial charge in [-0.2, -0.15) is 0 Å². The van der Waals surface area contributed by atoms with Gasteiger partial charge in [0.2, 0.25) is 5.91 Å². The van der Waals surface area contributed by atoms with Gasteiger partial charge in [0.25, 0.3) is 5.56 Å². The maximum atomic E-state index is 12.9. The van der Waals surface area contributed by atoms with Crippen LogP contribution in [0.3, 0.4) is 0 Å². The third-order valence-corrected chi connectivity index (χ3v) is 5.72. The van der Waals surface area contributed by atoms with Crippen molar-refractivity contribution in [2.45, 2.75) is 18.4 Å². The van der Waals surface area contributed by atoms with Crippen molar-refractivity contribution >= 4 is 45.9 Å². The van der Waals surface area contributed by atoms with Gasteiger partial charge in [-0.15, -0.1) is 11.8 Å². The number of nitrogens with zero attached hydrogens (tertiary/aromatic N) is 3. The monoisotopic (exact) mass is 385 g/mol. The van der Waals surface area contributed by atoms with E-state index in [1.165, 1.54) is 10.9 Å². The van der Waals surface area contributed by atoms with E-state index in [0.717, 1.165) is 21.9 Å². The lowest BCUT2D eigenvalue weighted by Crippen LogP contribution is -2.39. The zero-order chi connectivity index (χ0) is 18.3. The highest BCUT2D eigenvalue weighted by Gasteiger charge is 2.24. The zero-order valence-corrected chi connectivity index (χ0v) is 15.7. The first-order valence-electron chi connectivity index (χ1n) is 8.22. The Labute approximate surface area is 159 Å². The Morgan fingerprint density at radius 1 is 1.31 bits per heavy atom. The summed E-state index contributed by atoms with van der Waals surface area (Å²) in [6, 6.07) is 11.0. The molecule has 1 aliphatic heterocycles. The second-order valence-corrected chi connectivity index (χ2v) is 7.73. The van der Waals surface area contributed by atoms with E-state index >= 15 is 0 Å². The summed E-state index contributed by atoms with van der Waals surface area (Å²) in [6.45, 7) is 2.45. The van der Waals surface area contributed by atoms with Gasteiger partial charge in [0.1, 0.15) is 6.54 Å². The maximum Gasteiger partial charge on any atom is 0.261 e. The van der Waals surface area contributed by atoms with Crippen LogP contribution in [0.2, 0.25) is 5.02 Å². The minimum Gasteiger partial charge on any atom is -0.309 e. The molecule has 0 aliphatic carbocycles. The van der Waals surface area contributed by atoms with Gasteiger partial charge < -0.3 is 4.90 Å². The Bertz CT molecular complexity index is 1080. The second kappa shape index (κ2) is 6.78. The zero-order valence-electron chi connectivity index (χ0n) is 14.1. The normalized spacial score (nSPS) is 13.7. The van der Waals surface area contributed by atoms with E-state index in [-0.39, 0.29) is 18.0 Å². The highest BCUT2D eigenvalue weighted by molar-refractivity contribution is 7.99. The number of thioether (sulfide) groups is 1. The maximum absolute atomic E-state index is 12.9. The molecule has 5 nitrogen and oxygen atoms in total. The van der Waals surface area contributed by atoms with E-state index in [1.54, 1.807) is 28.8 Å². The van der Waals surface area contributed by atoms with Gasteiger partial charge in [0.05, 0.1) is 22.9 Å². The fraction of sp³-hybridized carbons (Fsp3) is 0.211. The van der Waals surface area contributed by atoms with Crippen molar-refractivity contribution in [3.05, 3.63) is 63.7 Å². The van der Waals surface area contributed by atoms with Gasteiger partial charge in [0.15, 0.2) is 0 Å². The molecule has 1 aliphatic rings. The predicted molar refractivity (Wildman–Crippen MR) is 105 cm³/mol. The fourth-order valence-corrected chi connectivity index (χ4v) is 4.27. The first-order valence-corrected chi connectivity index (χ1v) is 9.58. The van der Waals surface area contributed by atoms with Crippen molar-refractivity contribution in [3.63, 3.8) is 0 Å². The molecule has 2 aromatic carbocycles. The van der Waals surface area contributed by atoms with Crippen LogP contribution >= 0.6 is 23.4 Å². The van der Waals surface area contributed by atoms with Gasteiger partial charge in [-0.25, -0.2) is 4.98 Å². The van der Waals surface area contributed by atoms with Gasteiger partial charge in [-0.3, -0.25) is 14.2 Å². The number of rotatable bonds is 2. The Kier molecular flexibility index (Phi) is 4.46. The molecule has 0 unspecified atom stereocenters. The number of aromatic nitrogens is 2. The van der Waals surface area contributed by atoms with E-state index in [0.29, 0.717) is 22.5 Å². The number of fused-ring (bicyclic) bond motifs is 2. The van der Waals surface area contributed by atoms with Crippen LogP contribution in [0.1, 0.15) is 5.56 Å². The quantitative estimate of drug-likeness (QED) is 0.677. The second-order valence-electron chi connectivity index (χ2n) is 6.15. The number of benzene rings is 2. The van der Waals surface area contributed by atoms with Gasteiger partial charge >= 0.3 is 0 Å². The first kappa shape index (κ1) is 17.1. The van der Waals surface area contributed by atoms with Crippen molar-refractivity contribution in [3.8, 4) is 0 Å². The van der Waals surface area contributed by atoms with Gasteiger partial charge in [-0.1, -0.05) is 23.7 Å². The highest BCUT2D eigenvalue weighted by atomic mass is 35.5. The van der Waals surface area contributed by atoms with Gasteiger partial charge in [-0.05, 0) is 36.8 Å². The number of para-hydroxylation sites is 1. The summed E-state index contributed by atoms with van der Waals surface area (Å²) in [5.74, 6) is 0.662. The topological polar surface area (TPSA) is 55.2 Å². The van der Waals surface area contributed by atoms with Crippen molar-refractivity contribution in [1.82, 2.24) is 9.55 Å². The minimum absolute atomic E-state index is 0.0493. The molecule has 0 atom stereocenters. The van der Waals surface area contributed by atoms with E-state index < -0.39 is 0 Å². The number of anilines is 1. The summed E-state index contributed by atoms with van der Waals surface area (Å²) in [7, 11) is 0. The van der Waals surface area contributed by atoms with Crippen LogP contribution in [-0.4, -0.2) is 27.8 Å². The average Bonchev–Trinajstić information content (AvgIpc) is 2.64. The molecule has 0 saturated carbocycles. The molecule has 0 bridgehead atoms. The highest BCUT2D eigenvalue weighted by Crippen LogP contribution is 2.36. The van der Waals surface area contributed by atoms with Gasteiger partial charge in [0, 0.05) is 22.2 Å². The van der Waals surface area contributed by atoms with Crippen molar-refractivity contribution in [1.29, 1.82) is 0 Å². The smallest absolute Gasteiger partial charge is 0.261 e. The Morgan fingerprint density at radius 3 is 3.00 bits per heavy atom. The third kappa shape index (κ3) is 2.99. The van der Waals surface area contributed by atoms with E-state index in [2.05, 4.69) is 4.98 Å². The number of aryl methyl sites for hydroxylation is 1. The first-order chi connectivity index (χ1) is 12.5. The van der Waals surface area contributed by atoms with Crippen molar-refractivity contribution in [2.24, 2.45) is 0 Å². The summed E-state index contributed by atoms with van der Waals surface area (Å²) in [6.07, 6.45) is 1.45. The van der Waals surface area contributed by atoms with E-state index in [4.69, 9.17) is 11.6 Å². The predicted octanol–water partition coefficient (Wildman–Crippen LogP) is 3.50. The lowest BCUT2D eigenvalue weighted by atomic mass is 10.1. The number of hydrogen-bond acceptors (Lipinski definition) is 4. The Hall–Kier alpha value is -2.31. The summed E-state index contributed by atoms with van der Waals surface area (Å²) in [5, 5.41) is 1.11. The molecule has 1 amide bonds. The molecule has 0 saturated heterocycles. The molecule has 4 rings (SSSR count). The number of halogens is 1. The molecule has 0 N–H and O–H groups in total. The van der Waals surface area contributed by atoms with Crippen LogP contribution < -0.4 is 10.5 Å². The molecule has 3 aromatic rings. The molecular formula is C19H16ClN3O2S. The molecular weight excluding hydrogens is 370 g/mol. The summed E-state index contributed by atoms with van der Waals surface area (Å²) < 4.78 is 1.37. The Balaban J connectivity index is 1.68. The molecule has 0 fully saturated rings. The van der Waals surface area contributed by atoms with E-state index in [1.807, 2.05) is 31.2 Å². The number of hydrogen-bond donors (Lipinski definition) is 0. The molecule has 0 radical (unpaired) electrons. The number of carbonyl (C=O) groups excluding carboxylic acids is 1. The lowest BCUT2D eigenvalue weighted by Gasteiger charge is -2.29. The molecule has 7 heteroatoms. The standard InChI is InChI=1S/C19H16ClN3O2S/c1-12-3-2-4-14-18(12)21-11-22(19(14)25)10-17(24)23-7-8-26-16-6-5-13(20)9-15(16)23/h2-6,9,11H,7-8,10H2,1H3. The average molecular weight is 386 g/mol. The molecule has 26 heavy (non-hydrogen) atoms. The van der Waals surface area contributed by atoms with E-state index in [9.17, 15) is 9.59 Å². The third-order valence-electron chi connectivity index (χ3n) is 4.45. The largest absolute Gasteiger partial charge is 0.309 e. The molecule has 2 heterocycles. The van der Waals surface area contributed by atoms with Crippen LogP contribution in [0.25, 0.3) is 10.9 Å². The lowest BCUT2D eigenvalue weighted by molar-refractivity contribution is -0.119. The summed E-state index contributed by atoms with van der Waals surface area (Å²) >= 11 is 7.80. The Morgan fingerprint density at radius 2 is 2.15 bits per heavy atom. The molecule has 1 aromatic heterocycles. The van der Waals surface area contributed by atoms with Crippen LogP contribution in [0.4, 0.5) is 5.69 Å². The van der Waals surface area contributed by atoms with Crippen molar-refractivity contribution < 1.29 is 4.79 Å². The summed E-state index contributed by atoms with van der Waals surface area (Å²) in [5.41, 5.74) is 2.21. The minimum atomic E-state index is -0.204. The summed E-state index contributed by atoms with van der Waals surface area (Å²) in [4.78, 5) is 32.7.